The van der Waals surface area contributed by atoms with Gasteiger partial charge in [-0.3, -0.25) is 14.8 Å². The summed E-state index contributed by atoms with van der Waals surface area (Å²) in [5, 5.41) is 8.95. The van der Waals surface area contributed by atoms with Crippen LogP contribution in [0, 0.1) is 0 Å². The average molecular weight is 225 g/mol. The molecule has 1 aromatic heterocycles. The van der Waals surface area contributed by atoms with Crippen molar-refractivity contribution in [1.29, 1.82) is 0 Å². The van der Waals surface area contributed by atoms with Crippen LogP contribution >= 0.6 is 0 Å². The molecule has 1 rings (SSSR count). The summed E-state index contributed by atoms with van der Waals surface area (Å²) in [6.45, 7) is 2.89. The van der Waals surface area contributed by atoms with Crippen molar-refractivity contribution in [2.45, 2.75) is 19.5 Å². The third kappa shape index (κ3) is 4.09. The minimum absolute atomic E-state index is 0.437. The minimum atomic E-state index is -0.842. The Morgan fingerprint density at radius 3 is 2.88 bits per heavy atom. The summed E-state index contributed by atoms with van der Waals surface area (Å²) in [6, 6.07) is 0.511. The molecule has 0 saturated carbocycles. The maximum atomic E-state index is 11.2. The minimum Gasteiger partial charge on any atom is -0.351 e. The SMILES string of the molecule is CC(NCCn1cccn1)C(=O)NC(N)=O. The molecular formula is C9H15N5O2. The molecule has 88 valence electrons. The van der Waals surface area contributed by atoms with Crippen LogP contribution in [0.1, 0.15) is 6.92 Å². The Morgan fingerprint density at radius 2 is 2.31 bits per heavy atom. The van der Waals surface area contributed by atoms with Gasteiger partial charge in [0.15, 0.2) is 0 Å². The van der Waals surface area contributed by atoms with Gasteiger partial charge in [0, 0.05) is 18.9 Å². The molecule has 1 aromatic rings. The van der Waals surface area contributed by atoms with Crippen molar-refractivity contribution in [3.63, 3.8) is 0 Å². The number of nitrogens with one attached hydrogen (secondary N) is 2. The molecule has 0 aromatic carbocycles. The van der Waals surface area contributed by atoms with E-state index in [1.807, 2.05) is 17.6 Å². The largest absolute Gasteiger partial charge is 0.351 e. The van der Waals surface area contributed by atoms with E-state index in [-0.39, 0.29) is 0 Å². The zero-order valence-corrected chi connectivity index (χ0v) is 9.01. The maximum Gasteiger partial charge on any atom is 0.318 e. The van der Waals surface area contributed by atoms with Gasteiger partial charge < -0.3 is 11.1 Å². The number of primary amides is 1. The van der Waals surface area contributed by atoms with Gasteiger partial charge in [0.2, 0.25) is 5.91 Å². The monoisotopic (exact) mass is 225 g/mol. The number of hydrogen-bond donors (Lipinski definition) is 3. The molecule has 0 spiro atoms. The molecule has 3 amide bonds. The van der Waals surface area contributed by atoms with Gasteiger partial charge in [-0.2, -0.15) is 5.10 Å². The molecule has 1 heterocycles. The first-order chi connectivity index (χ1) is 7.59. The van der Waals surface area contributed by atoms with Gasteiger partial charge in [-0.15, -0.1) is 0 Å². The zero-order valence-electron chi connectivity index (χ0n) is 9.01. The lowest BCUT2D eigenvalue weighted by Gasteiger charge is -2.12. The smallest absolute Gasteiger partial charge is 0.318 e. The van der Waals surface area contributed by atoms with Crippen molar-refractivity contribution < 1.29 is 9.59 Å². The van der Waals surface area contributed by atoms with E-state index >= 15 is 0 Å². The normalized spacial score (nSPS) is 12.1. The summed E-state index contributed by atoms with van der Waals surface area (Å²) < 4.78 is 1.74. The fourth-order valence-electron chi connectivity index (χ4n) is 1.15. The second-order valence-corrected chi connectivity index (χ2v) is 3.30. The van der Waals surface area contributed by atoms with Crippen LogP contribution in [0.3, 0.4) is 0 Å². The van der Waals surface area contributed by atoms with Crippen molar-refractivity contribution >= 4 is 11.9 Å². The van der Waals surface area contributed by atoms with Crippen molar-refractivity contribution in [2.24, 2.45) is 5.73 Å². The first-order valence-corrected chi connectivity index (χ1v) is 4.90. The van der Waals surface area contributed by atoms with Crippen LogP contribution in [0.15, 0.2) is 18.5 Å². The predicted octanol–water partition coefficient (Wildman–Crippen LogP) is -0.944. The molecule has 0 bridgehead atoms. The number of imide groups is 1. The number of hydrogen-bond acceptors (Lipinski definition) is 4. The van der Waals surface area contributed by atoms with Crippen molar-refractivity contribution in [1.82, 2.24) is 20.4 Å². The first kappa shape index (κ1) is 12.2. The number of aromatic nitrogens is 2. The number of rotatable bonds is 5. The number of carbonyl (C=O) groups excluding carboxylic acids is 2. The van der Waals surface area contributed by atoms with Crippen molar-refractivity contribution in [2.75, 3.05) is 6.54 Å². The first-order valence-electron chi connectivity index (χ1n) is 4.90. The molecule has 0 saturated heterocycles. The number of amides is 3. The molecule has 1 unspecified atom stereocenters. The molecule has 7 nitrogen and oxygen atoms in total. The van der Waals surface area contributed by atoms with Gasteiger partial charge in [0.05, 0.1) is 12.6 Å². The maximum absolute atomic E-state index is 11.2. The van der Waals surface area contributed by atoms with Crippen LogP contribution in [-0.4, -0.2) is 34.3 Å². The summed E-state index contributed by atoms with van der Waals surface area (Å²) in [6.07, 6.45) is 3.51. The van der Waals surface area contributed by atoms with E-state index in [1.165, 1.54) is 0 Å². The number of nitrogens with two attached hydrogens (primary N) is 1. The lowest BCUT2D eigenvalue weighted by Crippen LogP contribution is -2.47. The van der Waals surface area contributed by atoms with E-state index < -0.39 is 18.0 Å². The molecule has 0 fully saturated rings. The second-order valence-electron chi connectivity index (χ2n) is 3.30. The Kier molecular flexibility index (Phi) is 4.46. The molecule has 0 radical (unpaired) electrons. The van der Waals surface area contributed by atoms with Crippen LogP contribution in [0.2, 0.25) is 0 Å². The molecule has 0 aliphatic rings. The van der Waals surface area contributed by atoms with Crippen LogP contribution < -0.4 is 16.4 Å². The third-order valence-corrected chi connectivity index (χ3v) is 1.99. The van der Waals surface area contributed by atoms with Crippen LogP contribution in [-0.2, 0) is 11.3 Å². The molecule has 0 aliphatic carbocycles. The van der Waals surface area contributed by atoms with Gasteiger partial charge in [0.25, 0.3) is 0 Å². The third-order valence-electron chi connectivity index (χ3n) is 1.99. The zero-order chi connectivity index (χ0) is 12.0. The molecular weight excluding hydrogens is 210 g/mol. The van der Waals surface area contributed by atoms with Gasteiger partial charge in [0.1, 0.15) is 0 Å². The highest BCUT2D eigenvalue weighted by atomic mass is 16.2. The van der Waals surface area contributed by atoms with Crippen molar-refractivity contribution in [3.05, 3.63) is 18.5 Å². The van der Waals surface area contributed by atoms with Crippen LogP contribution in [0.25, 0.3) is 0 Å². The lowest BCUT2D eigenvalue weighted by atomic mass is 10.3. The summed E-state index contributed by atoms with van der Waals surface area (Å²) >= 11 is 0. The molecule has 0 aliphatic heterocycles. The van der Waals surface area contributed by atoms with E-state index in [4.69, 9.17) is 5.73 Å². The fourth-order valence-corrected chi connectivity index (χ4v) is 1.15. The Morgan fingerprint density at radius 1 is 1.56 bits per heavy atom. The Hall–Kier alpha value is -1.89. The van der Waals surface area contributed by atoms with Crippen LogP contribution in [0.4, 0.5) is 4.79 Å². The Balaban J connectivity index is 2.22. The van der Waals surface area contributed by atoms with Gasteiger partial charge in [-0.05, 0) is 13.0 Å². The van der Waals surface area contributed by atoms with E-state index in [9.17, 15) is 9.59 Å². The molecule has 16 heavy (non-hydrogen) atoms. The lowest BCUT2D eigenvalue weighted by molar-refractivity contribution is -0.121. The predicted molar refractivity (Wildman–Crippen MR) is 57.4 cm³/mol. The summed E-state index contributed by atoms with van der Waals surface area (Å²) in [4.78, 5) is 21.7. The summed E-state index contributed by atoms with van der Waals surface area (Å²) in [7, 11) is 0. The highest BCUT2D eigenvalue weighted by Gasteiger charge is 2.12. The molecule has 7 heteroatoms. The summed E-state index contributed by atoms with van der Waals surface area (Å²) in [5.41, 5.74) is 4.82. The van der Waals surface area contributed by atoms with Gasteiger partial charge in [-0.25, -0.2) is 4.79 Å². The van der Waals surface area contributed by atoms with Crippen LogP contribution in [0.5, 0.6) is 0 Å². The standard InChI is InChI=1S/C9H15N5O2/c1-7(8(15)13-9(10)16)11-4-6-14-5-2-3-12-14/h2-3,5,7,11H,4,6H2,1H3,(H3,10,13,15,16). The molecule has 4 N–H and O–H groups in total. The second kappa shape index (κ2) is 5.86. The van der Waals surface area contributed by atoms with E-state index in [0.717, 1.165) is 0 Å². The Bertz CT molecular complexity index is 349. The topological polar surface area (TPSA) is 102 Å². The fraction of sp³-hybridized carbons (Fsp3) is 0.444. The number of urea groups is 1. The Labute approximate surface area is 93.0 Å². The summed E-state index contributed by atoms with van der Waals surface area (Å²) in [5.74, 6) is -0.437. The quantitative estimate of drug-likeness (QED) is 0.601. The number of carbonyl (C=O) groups is 2. The van der Waals surface area contributed by atoms with E-state index in [2.05, 4.69) is 10.4 Å². The average Bonchev–Trinajstić information content (AvgIpc) is 2.69. The molecule has 1 atom stereocenters. The number of nitrogens with zero attached hydrogens (tertiary/aromatic N) is 2. The van der Waals surface area contributed by atoms with Gasteiger partial charge >= 0.3 is 6.03 Å². The van der Waals surface area contributed by atoms with E-state index in [1.54, 1.807) is 17.8 Å². The van der Waals surface area contributed by atoms with E-state index in [0.29, 0.717) is 13.1 Å². The van der Waals surface area contributed by atoms with Gasteiger partial charge in [-0.1, -0.05) is 0 Å². The van der Waals surface area contributed by atoms with Crippen molar-refractivity contribution in [3.8, 4) is 0 Å². The highest BCUT2D eigenvalue weighted by molar-refractivity contribution is 5.96. The highest BCUT2D eigenvalue weighted by Crippen LogP contribution is 1.85.